The molecule has 5 nitrogen and oxygen atoms in total. The van der Waals surface area contributed by atoms with Gasteiger partial charge in [-0.3, -0.25) is 9.20 Å². The SMILES string of the molecule is Cc1c(-c2ccccc2)cccc1-c1ccn2c(-n3ccc(C=O)n3)cnc2c1. The molecule has 0 aliphatic carbocycles. The van der Waals surface area contributed by atoms with Crippen LogP contribution in [0.2, 0.25) is 0 Å². The molecule has 0 N–H and O–H groups in total. The second-order valence-corrected chi connectivity index (χ2v) is 6.91. The maximum atomic E-state index is 10.9. The van der Waals surface area contributed by atoms with Gasteiger partial charge in [-0.05, 0) is 52.9 Å². The molecule has 0 spiro atoms. The Labute approximate surface area is 167 Å². The molecule has 0 saturated heterocycles. The summed E-state index contributed by atoms with van der Waals surface area (Å²) in [4.78, 5) is 15.5. The number of nitrogens with zero attached hydrogens (tertiary/aromatic N) is 4. The predicted octanol–water partition coefficient (Wildman–Crippen LogP) is 4.97. The quantitative estimate of drug-likeness (QED) is 0.415. The Bertz CT molecular complexity index is 1330. The van der Waals surface area contributed by atoms with Gasteiger partial charge in [0.1, 0.15) is 11.3 Å². The Hall–Kier alpha value is -3.99. The predicted molar refractivity (Wildman–Crippen MR) is 113 cm³/mol. The van der Waals surface area contributed by atoms with E-state index < -0.39 is 0 Å². The minimum atomic E-state index is 0.393. The number of benzene rings is 2. The van der Waals surface area contributed by atoms with Gasteiger partial charge >= 0.3 is 0 Å². The van der Waals surface area contributed by atoms with Crippen LogP contribution in [0.5, 0.6) is 0 Å². The van der Waals surface area contributed by atoms with E-state index in [4.69, 9.17) is 0 Å². The number of pyridine rings is 1. The molecule has 0 atom stereocenters. The van der Waals surface area contributed by atoms with E-state index in [1.54, 1.807) is 23.1 Å². The maximum Gasteiger partial charge on any atom is 0.170 e. The Kier molecular flexibility index (Phi) is 4.06. The van der Waals surface area contributed by atoms with Crippen molar-refractivity contribution >= 4 is 11.9 Å². The van der Waals surface area contributed by atoms with Crippen LogP contribution in [-0.4, -0.2) is 25.5 Å². The number of aldehydes is 1. The molecule has 0 saturated carbocycles. The van der Waals surface area contributed by atoms with E-state index in [1.165, 1.54) is 22.3 Å². The highest BCUT2D eigenvalue weighted by Crippen LogP contribution is 2.32. The lowest BCUT2D eigenvalue weighted by Crippen LogP contribution is -2.00. The molecule has 3 aromatic heterocycles. The summed E-state index contributed by atoms with van der Waals surface area (Å²) in [5.41, 5.74) is 7.18. The van der Waals surface area contributed by atoms with Gasteiger partial charge in [0.2, 0.25) is 0 Å². The van der Waals surface area contributed by atoms with Crippen LogP contribution in [0.3, 0.4) is 0 Å². The van der Waals surface area contributed by atoms with E-state index in [0.29, 0.717) is 5.69 Å². The fourth-order valence-corrected chi connectivity index (χ4v) is 3.71. The average molecular weight is 378 g/mol. The van der Waals surface area contributed by atoms with Crippen LogP contribution < -0.4 is 0 Å². The summed E-state index contributed by atoms with van der Waals surface area (Å²) in [6, 6.07) is 22.6. The molecule has 29 heavy (non-hydrogen) atoms. The fraction of sp³-hybridized carbons (Fsp3) is 0.0417. The van der Waals surface area contributed by atoms with E-state index >= 15 is 0 Å². The number of carbonyl (C=O) groups excluding carboxylic acids is 1. The van der Waals surface area contributed by atoms with E-state index in [-0.39, 0.29) is 0 Å². The summed E-state index contributed by atoms with van der Waals surface area (Å²) in [6.07, 6.45) is 6.24. The topological polar surface area (TPSA) is 52.2 Å². The van der Waals surface area contributed by atoms with E-state index in [2.05, 4.69) is 71.6 Å². The van der Waals surface area contributed by atoms with Gasteiger partial charge in [0, 0.05) is 12.4 Å². The third-order valence-corrected chi connectivity index (χ3v) is 5.19. The van der Waals surface area contributed by atoms with Crippen LogP contribution in [-0.2, 0) is 0 Å². The highest BCUT2D eigenvalue weighted by atomic mass is 16.1. The minimum absolute atomic E-state index is 0.393. The van der Waals surface area contributed by atoms with Crippen LogP contribution >= 0.6 is 0 Å². The Balaban J connectivity index is 1.59. The Morgan fingerprint density at radius 1 is 0.862 bits per heavy atom. The van der Waals surface area contributed by atoms with Crippen molar-refractivity contribution in [3.63, 3.8) is 0 Å². The minimum Gasteiger partial charge on any atom is -0.296 e. The van der Waals surface area contributed by atoms with Crippen molar-refractivity contribution in [1.29, 1.82) is 0 Å². The Morgan fingerprint density at radius 2 is 1.66 bits per heavy atom. The van der Waals surface area contributed by atoms with Crippen molar-refractivity contribution in [2.75, 3.05) is 0 Å². The fourth-order valence-electron chi connectivity index (χ4n) is 3.71. The van der Waals surface area contributed by atoms with Gasteiger partial charge in [-0.25, -0.2) is 9.67 Å². The number of hydrogen-bond acceptors (Lipinski definition) is 3. The lowest BCUT2D eigenvalue weighted by atomic mass is 9.93. The smallest absolute Gasteiger partial charge is 0.170 e. The van der Waals surface area contributed by atoms with Gasteiger partial charge in [0.05, 0.1) is 6.20 Å². The van der Waals surface area contributed by atoms with Gasteiger partial charge in [0.25, 0.3) is 0 Å². The van der Waals surface area contributed by atoms with Crippen molar-refractivity contribution in [1.82, 2.24) is 19.2 Å². The zero-order valence-corrected chi connectivity index (χ0v) is 15.9. The maximum absolute atomic E-state index is 10.9. The average Bonchev–Trinajstić information content (AvgIpc) is 3.40. The first-order valence-corrected chi connectivity index (χ1v) is 9.38. The largest absolute Gasteiger partial charge is 0.296 e. The third kappa shape index (κ3) is 2.93. The standard InChI is InChI=1S/C24H18N4O/c1-17-21(18-6-3-2-4-7-18)8-5-9-22(17)19-10-12-27-23(14-19)25-15-24(27)28-13-11-20(16-29)26-28/h2-16H,1H3. The van der Waals surface area contributed by atoms with E-state index in [0.717, 1.165) is 23.3 Å². The number of fused-ring (bicyclic) bond motifs is 1. The van der Waals surface area contributed by atoms with Gasteiger partial charge < -0.3 is 0 Å². The van der Waals surface area contributed by atoms with Crippen molar-refractivity contribution in [2.45, 2.75) is 6.92 Å². The van der Waals surface area contributed by atoms with E-state index in [9.17, 15) is 4.79 Å². The molecule has 5 aromatic rings. The zero-order chi connectivity index (χ0) is 19.8. The van der Waals surface area contributed by atoms with Crippen LogP contribution in [0.1, 0.15) is 16.1 Å². The summed E-state index contributed by atoms with van der Waals surface area (Å²) in [5, 5.41) is 4.25. The summed E-state index contributed by atoms with van der Waals surface area (Å²) in [7, 11) is 0. The lowest BCUT2D eigenvalue weighted by molar-refractivity contribution is 0.111. The number of rotatable bonds is 4. The van der Waals surface area contributed by atoms with Crippen molar-refractivity contribution < 1.29 is 4.79 Å². The molecule has 2 aromatic carbocycles. The molecule has 0 amide bonds. The molecule has 0 unspecified atom stereocenters. The van der Waals surface area contributed by atoms with E-state index in [1.807, 2.05) is 16.7 Å². The molecule has 5 rings (SSSR count). The molecular weight excluding hydrogens is 360 g/mol. The summed E-state index contributed by atoms with van der Waals surface area (Å²) < 4.78 is 3.62. The molecule has 3 heterocycles. The summed E-state index contributed by atoms with van der Waals surface area (Å²) >= 11 is 0. The summed E-state index contributed by atoms with van der Waals surface area (Å²) in [6.45, 7) is 2.16. The first-order chi connectivity index (χ1) is 14.2. The second-order valence-electron chi connectivity index (χ2n) is 6.91. The molecule has 0 bridgehead atoms. The molecule has 0 fully saturated rings. The third-order valence-electron chi connectivity index (χ3n) is 5.19. The molecule has 140 valence electrons. The monoisotopic (exact) mass is 378 g/mol. The lowest BCUT2D eigenvalue weighted by Gasteiger charge is -2.12. The highest BCUT2D eigenvalue weighted by Gasteiger charge is 2.11. The first kappa shape index (κ1) is 17.1. The summed E-state index contributed by atoms with van der Waals surface area (Å²) in [5.74, 6) is 0.786. The van der Waals surface area contributed by atoms with Crippen LogP contribution in [0, 0.1) is 6.92 Å². The van der Waals surface area contributed by atoms with Gasteiger partial charge in [-0.2, -0.15) is 5.10 Å². The Morgan fingerprint density at radius 3 is 2.41 bits per heavy atom. The molecule has 0 aliphatic rings. The molecule has 5 heteroatoms. The number of aromatic nitrogens is 4. The van der Waals surface area contributed by atoms with Crippen molar-refractivity contribution in [3.8, 4) is 28.1 Å². The first-order valence-electron chi connectivity index (χ1n) is 9.38. The molecular formula is C24H18N4O. The van der Waals surface area contributed by atoms with Crippen molar-refractivity contribution in [2.24, 2.45) is 0 Å². The number of carbonyl (C=O) groups is 1. The van der Waals surface area contributed by atoms with Crippen LogP contribution in [0.4, 0.5) is 0 Å². The second kappa shape index (κ2) is 6.87. The van der Waals surface area contributed by atoms with Crippen molar-refractivity contribution in [3.05, 3.63) is 96.6 Å². The van der Waals surface area contributed by atoms with Gasteiger partial charge in [0.15, 0.2) is 12.1 Å². The highest BCUT2D eigenvalue weighted by molar-refractivity contribution is 5.79. The van der Waals surface area contributed by atoms with Gasteiger partial charge in [-0.1, -0.05) is 48.5 Å². The van der Waals surface area contributed by atoms with Crippen LogP contribution in [0.15, 0.2) is 85.3 Å². The van der Waals surface area contributed by atoms with Crippen LogP contribution in [0.25, 0.3) is 33.7 Å². The number of imidazole rings is 1. The molecule has 0 radical (unpaired) electrons. The molecule has 0 aliphatic heterocycles. The van der Waals surface area contributed by atoms with Gasteiger partial charge in [-0.15, -0.1) is 0 Å². The number of hydrogen-bond donors (Lipinski definition) is 0. The zero-order valence-electron chi connectivity index (χ0n) is 15.9. The normalized spacial score (nSPS) is 11.1.